The normalized spacial score (nSPS) is 11.9. The molecule has 1 atom stereocenters. The number of benzene rings is 1. The van der Waals surface area contributed by atoms with Crippen LogP contribution in [0.4, 0.5) is 0 Å². The van der Waals surface area contributed by atoms with Crippen LogP contribution in [0.15, 0.2) is 43.1 Å². The van der Waals surface area contributed by atoms with E-state index in [4.69, 9.17) is 10.8 Å². The highest BCUT2D eigenvalue weighted by molar-refractivity contribution is 5.51. The van der Waals surface area contributed by atoms with Crippen molar-refractivity contribution in [1.29, 1.82) is 0 Å². The third kappa shape index (κ3) is 4.03. The summed E-state index contributed by atoms with van der Waals surface area (Å²) in [5.74, 6) is 0. The average molecular weight is 233 g/mol. The first-order valence-corrected chi connectivity index (χ1v) is 5.43. The topological polar surface area (TPSA) is 70.3 Å². The van der Waals surface area contributed by atoms with Crippen LogP contribution in [0.2, 0.25) is 0 Å². The van der Waals surface area contributed by atoms with Crippen LogP contribution in [0.3, 0.4) is 0 Å². The summed E-state index contributed by atoms with van der Waals surface area (Å²) in [4.78, 5) is 0. The van der Waals surface area contributed by atoms with Gasteiger partial charge in [0.1, 0.15) is 0 Å². The summed E-state index contributed by atoms with van der Waals surface area (Å²) in [6.07, 6.45) is 1.81. The molecule has 92 valence electrons. The largest absolute Gasteiger partial charge is 0.394 e. The van der Waals surface area contributed by atoms with Crippen molar-refractivity contribution in [2.24, 2.45) is 5.73 Å². The minimum atomic E-state index is -0.461. The minimum Gasteiger partial charge on any atom is -0.394 e. The van der Waals surface area contributed by atoms with Crippen LogP contribution in [0.25, 0.3) is 6.08 Å². The molecule has 0 aliphatic carbocycles. The Kier molecular flexibility index (Phi) is 5.42. The van der Waals surface area contributed by atoms with Crippen LogP contribution < -0.4 is 16.6 Å². The number of rotatable bonds is 7. The fraction of sp³-hybridized carbons (Fsp3) is 0.231. The molecule has 1 aromatic carbocycles. The van der Waals surface area contributed by atoms with Crippen LogP contribution in [-0.4, -0.2) is 17.8 Å². The van der Waals surface area contributed by atoms with E-state index >= 15 is 0 Å². The fourth-order valence-electron chi connectivity index (χ4n) is 1.35. The number of aliphatic hydroxyl groups excluding tert-OH is 1. The van der Waals surface area contributed by atoms with E-state index in [1.54, 1.807) is 0 Å². The van der Waals surface area contributed by atoms with Crippen molar-refractivity contribution >= 4 is 6.08 Å². The summed E-state index contributed by atoms with van der Waals surface area (Å²) in [7, 11) is 0. The summed E-state index contributed by atoms with van der Waals surface area (Å²) >= 11 is 0. The van der Waals surface area contributed by atoms with E-state index in [0.717, 1.165) is 11.1 Å². The van der Waals surface area contributed by atoms with Gasteiger partial charge in [0.25, 0.3) is 0 Å². The van der Waals surface area contributed by atoms with E-state index in [1.165, 1.54) is 0 Å². The Morgan fingerprint density at radius 1 is 1.47 bits per heavy atom. The second-order valence-corrected chi connectivity index (χ2v) is 3.70. The molecule has 4 nitrogen and oxygen atoms in total. The van der Waals surface area contributed by atoms with E-state index in [1.807, 2.05) is 30.3 Å². The first-order chi connectivity index (χ1) is 8.19. The number of hydrazine groups is 1. The van der Waals surface area contributed by atoms with Gasteiger partial charge < -0.3 is 16.3 Å². The van der Waals surface area contributed by atoms with Crippen LogP contribution in [0.1, 0.15) is 11.1 Å². The molecule has 0 amide bonds. The standard InChI is InChI=1S/C13H19N3O/c1-3-11-6-4-5-7-12(11)8-15-16-10(2)13(14)9-17/h3-7,13,15-17H,1-2,8-9,14H2. The van der Waals surface area contributed by atoms with Gasteiger partial charge in [0.2, 0.25) is 0 Å². The SMILES string of the molecule is C=Cc1ccccc1CNNC(=C)C(N)CO. The van der Waals surface area contributed by atoms with Gasteiger partial charge in [-0.25, -0.2) is 5.43 Å². The van der Waals surface area contributed by atoms with Gasteiger partial charge in [-0.1, -0.05) is 43.5 Å². The van der Waals surface area contributed by atoms with Crippen LogP contribution in [-0.2, 0) is 6.54 Å². The van der Waals surface area contributed by atoms with Gasteiger partial charge in [0.15, 0.2) is 0 Å². The Balaban J connectivity index is 2.46. The quantitative estimate of drug-likeness (QED) is 0.525. The van der Waals surface area contributed by atoms with Gasteiger partial charge in [-0.3, -0.25) is 0 Å². The fourth-order valence-corrected chi connectivity index (χ4v) is 1.35. The molecule has 1 rings (SSSR count). The lowest BCUT2D eigenvalue weighted by molar-refractivity contribution is 0.274. The lowest BCUT2D eigenvalue weighted by atomic mass is 10.1. The summed E-state index contributed by atoms with van der Waals surface area (Å²) in [6, 6.07) is 7.49. The van der Waals surface area contributed by atoms with Gasteiger partial charge in [0, 0.05) is 12.2 Å². The monoisotopic (exact) mass is 233 g/mol. The molecule has 0 saturated heterocycles. The molecular formula is C13H19N3O. The number of hydrogen-bond acceptors (Lipinski definition) is 4. The van der Waals surface area contributed by atoms with Gasteiger partial charge >= 0.3 is 0 Å². The summed E-state index contributed by atoms with van der Waals surface area (Å²) in [5.41, 5.74) is 14.2. The third-order valence-corrected chi connectivity index (χ3v) is 2.45. The zero-order valence-electron chi connectivity index (χ0n) is 9.82. The second-order valence-electron chi connectivity index (χ2n) is 3.70. The van der Waals surface area contributed by atoms with E-state index in [-0.39, 0.29) is 6.61 Å². The average Bonchev–Trinajstić information content (AvgIpc) is 2.38. The molecule has 0 heterocycles. The van der Waals surface area contributed by atoms with Gasteiger partial charge in [-0.05, 0) is 11.1 Å². The van der Waals surface area contributed by atoms with E-state index in [2.05, 4.69) is 24.0 Å². The Hall–Kier alpha value is -1.62. The Labute approximate surface area is 102 Å². The van der Waals surface area contributed by atoms with Crippen molar-refractivity contribution in [3.05, 3.63) is 54.2 Å². The second kappa shape index (κ2) is 6.85. The number of aliphatic hydroxyl groups is 1. The molecule has 17 heavy (non-hydrogen) atoms. The third-order valence-electron chi connectivity index (χ3n) is 2.45. The highest BCUT2D eigenvalue weighted by atomic mass is 16.3. The predicted octanol–water partition coefficient (Wildman–Crippen LogP) is 0.757. The zero-order chi connectivity index (χ0) is 12.7. The van der Waals surface area contributed by atoms with Crippen molar-refractivity contribution in [1.82, 2.24) is 10.9 Å². The molecule has 0 fully saturated rings. The number of nitrogens with one attached hydrogen (secondary N) is 2. The van der Waals surface area contributed by atoms with Gasteiger partial charge in [-0.2, -0.15) is 0 Å². The highest BCUT2D eigenvalue weighted by Crippen LogP contribution is 2.09. The molecule has 1 unspecified atom stereocenters. The molecule has 0 radical (unpaired) electrons. The van der Waals surface area contributed by atoms with Crippen LogP contribution in [0, 0.1) is 0 Å². The van der Waals surface area contributed by atoms with Crippen molar-refractivity contribution in [2.75, 3.05) is 6.61 Å². The summed E-state index contributed by atoms with van der Waals surface area (Å²) in [6.45, 7) is 7.97. The minimum absolute atomic E-state index is 0.128. The Bertz CT molecular complexity index is 390. The van der Waals surface area contributed by atoms with Gasteiger partial charge in [-0.15, -0.1) is 0 Å². The molecule has 0 saturated carbocycles. The van der Waals surface area contributed by atoms with E-state index in [0.29, 0.717) is 12.2 Å². The summed E-state index contributed by atoms with van der Waals surface area (Å²) < 4.78 is 0. The molecule has 0 aliphatic heterocycles. The highest BCUT2D eigenvalue weighted by Gasteiger charge is 2.04. The van der Waals surface area contributed by atoms with Crippen LogP contribution >= 0.6 is 0 Å². The first-order valence-electron chi connectivity index (χ1n) is 5.43. The lowest BCUT2D eigenvalue weighted by Gasteiger charge is -2.16. The Morgan fingerprint density at radius 2 is 2.18 bits per heavy atom. The lowest BCUT2D eigenvalue weighted by Crippen LogP contribution is -2.40. The van der Waals surface area contributed by atoms with Crippen LogP contribution in [0.5, 0.6) is 0 Å². The Morgan fingerprint density at radius 3 is 2.82 bits per heavy atom. The molecule has 0 bridgehead atoms. The number of hydrogen-bond donors (Lipinski definition) is 4. The van der Waals surface area contributed by atoms with Gasteiger partial charge in [0.05, 0.1) is 12.6 Å². The summed E-state index contributed by atoms with van der Waals surface area (Å²) in [5, 5.41) is 8.84. The number of nitrogens with two attached hydrogens (primary N) is 1. The van der Waals surface area contributed by atoms with Crippen molar-refractivity contribution in [2.45, 2.75) is 12.6 Å². The van der Waals surface area contributed by atoms with Crippen molar-refractivity contribution in [3.63, 3.8) is 0 Å². The predicted molar refractivity (Wildman–Crippen MR) is 70.7 cm³/mol. The molecule has 1 aromatic rings. The molecule has 5 N–H and O–H groups in total. The first kappa shape index (κ1) is 13.4. The smallest absolute Gasteiger partial charge is 0.0687 e. The molecule has 0 aromatic heterocycles. The zero-order valence-corrected chi connectivity index (χ0v) is 9.82. The van der Waals surface area contributed by atoms with E-state index in [9.17, 15) is 0 Å². The molecule has 4 heteroatoms. The molecule has 0 spiro atoms. The maximum Gasteiger partial charge on any atom is 0.0687 e. The van der Waals surface area contributed by atoms with Crippen molar-refractivity contribution < 1.29 is 5.11 Å². The molecule has 0 aliphatic rings. The van der Waals surface area contributed by atoms with E-state index < -0.39 is 6.04 Å². The molecular weight excluding hydrogens is 214 g/mol. The maximum atomic E-state index is 8.84. The van der Waals surface area contributed by atoms with Crippen molar-refractivity contribution in [3.8, 4) is 0 Å². The maximum absolute atomic E-state index is 8.84.